The van der Waals surface area contributed by atoms with Crippen LogP contribution in [0.3, 0.4) is 0 Å². The van der Waals surface area contributed by atoms with Gasteiger partial charge in [0, 0.05) is 26.3 Å². The van der Waals surface area contributed by atoms with E-state index in [-0.39, 0.29) is 6.10 Å². The number of hydrogen-bond acceptors (Lipinski definition) is 7. The molecule has 0 radical (unpaired) electrons. The van der Waals surface area contributed by atoms with Crippen molar-refractivity contribution in [3.63, 3.8) is 0 Å². The molecule has 3 aliphatic rings. The summed E-state index contributed by atoms with van der Waals surface area (Å²) in [7, 11) is 10.0. The number of allylic oxidation sites excluding steroid dienone is 3. The lowest BCUT2D eigenvalue weighted by atomic mass is 9.84. The van der Waals surface area contributed by atoms with Gasteiger partial charge >= 0.3 is 0 Å². The molecular weight excluding hydrogens is 580 g/mol. The van der Waals surface area contributed by atoms with Crippen LogP contribution in [0.15, 0.2) is 41.7 Å². The van der Waals surface area contributed by atoms with Crippen molar-refractivity contribution in [3.05, 3.63) is 69.8 Å². The second-order valence-corrected chi connectivity index (χ2v) is 12.6. The molecule has 8 nitrogen and oxygen atoms in total. The molecule has 8 heteroatoms. The highest BCUT2D eigenvalue weighted by molar-refractivity contribution is 5.97. The van der Waals surface area contributed by atoms with Crippen LogP contribution in [0.25, 0.3) is 17.7 Å². The SMILES string of the molecule is C=C1C(CCCN2CC=C(CCCCc3cc4c([n-]3)C=C(OC)C(OC)C4(C)OC)CCC2)=Cc2c1cc(OC)c(OC)c2OC. The first-order valence-corrected chi connectivity index (χ1v) is 16.5. The van der Waals surface area contributed by atoms with Crippen molar-refractivity contribution in [2.24, 2.45) is 0 Å². The minimum Gasteiger partial charge on any atom is -0.661 e. The van der Waals surface area contributed by atoms with E-state index in [0.717, 1.165) is 91.1 Å². The van der Waals surface area contributed by atoms with E-state index >= 15 is 0 Å². The Morgan fingerprint density at radius 2 is 1.70 bits per heavy atom. The largest absolute Gasteiger partial charge is 0.661 e. The molecule has 1 aliphatic heterocycles. The molecule has 0 fully saturated rings. The van der Waals surface area contributed by atoms with Gasteiger partial charge < -0.3 is 33.4 Å². The van der Waals surface area contributed by atoms with Crippen LogP contribution in [-0.2, 0) is 26.2 Å². The van der Waals surface area contributed by atoms with Crippen molar-refractivity contribution < 1.29 is 28.4 Å². The zero-order chi connectivity index (χ0) is 32.8. The molecule has 0 N–H and O–H groups in total. The van der Waals surface area contributed by atoms with Crippen LogP contribution in [0.5, 0.6) is 17.2 Å². The molecule has 0 spiro atoms. The predicted molar refractivity (Wildman–Crippen MR) is 184 cm³/mol. The number of rotatable bonds is 15. The standard InChI is InChI=1S/C38H51N2O6/c1-25-27(21-30-29(25)23-33(41-3)36(44-6)35(30)43-5)15-12-19-40-18-11-14-26(17-20-40)13-9-10-16-28-22-31-32(39-28)24-34(42-4)37(45-7)38(31,2)46-8/h17,21-24,37H,1,9-16,18-20H2,2-8H3/q-1. The van der Waals surface area contributed by atoms with Crippen molar-refractivity contribution in [1.82, 2.24) is 9.88 Å². The number of aryl methyl sites for hydroxylation is 1. The summed E-state index contributed by atoms with van der Waals surface area (Å²) >= 11 is 0. The van der Waals surface area contributed by atoms with E-state index in [2.05, 4.69) is 29.7 Å². The summed E-state index contributed by atoms with van der Waals surface area (Å²) in [5.74, 6) is 2.73. The third-order valence-electron chi connectivity index (χ3n) is 9.93. The number of unbranched alkanes of at least 4 members (excludes halogenated alkanes) is 1. The van der Waals surface area contributed by atoms with Crippen molar-refractivity contribution >= 4 is 17.7 Å². The smallest absolute Gasteiger partial charge is 0.203 e. The lowest BCUT2D eigenvalue weighted by Crippen LogP contribution is -2.43. The molecule has 0 saturated heterocycles. The van der Waals surface area contributed by atoms with E-state index in [1.807, 2.05) is 19.1 Å². The minimum atomic E-state index is -0.630. The Morgan fingerprint density at radius 3 is 2.39 bits per heavy atom. The van der Waals surface area contributed by atoms with Crippen LogP contribution < -0.4 is 19.2 Å². The predicted octanol–water partition coefficient (Wildman–Crippen LogP) is 7.17. The van der Waals surface area contributed by atoms with Crippen LogP contribution >= 0.6 is 0 Å². The topological polar surface area (TPSA) is 72.7 Å². The Kier molecular flexibility index (Phi) is 11.0. The van der Waals surface area contributed by atoms with Gasteiger partial charge in [0.1, 0.15) is 17.5 Å². The number of hydrogen-bond donors (Lipinski definition) is 0. The van der Waals surface area contributed by atoms with Crippen LogP contribution in [0.2, 0.25) is 0 Å². The maximum absolute atomic E-state index is 5.96. The summed E-state index contributed by atoms with van der Waals surface area (Å²) in [5, 5.41) is 0. The molecule has 2 heterocycles. The second-order valence-electron chi connectivity index (χ2n) is 12.6. The number of methoxy groups -OCH3 is 6. The van der Waals surface area contributed by atoms with Gasteiger partial charge in [-0.3, -0.25) is 4.90 Å². The van der Waals surface area contributed by atoms with Crippen LogP contribution in [0, 0.1) is 0 Å². The molecule has 1 aromatic carbocycles. The van der Waals surface area contributed by atoms with E-state index in [9.17, 15) is 0 Å². The number of benzene rings is 1. The second kappa shape index (κ2) is 15.0. The molecule has 0 bridgehead atoms. The number of fused-ring (bicyclic) bond motifs is 2. The van der Waals surface area contributed by atoms with E-state index < -0.39 is 5.60 Å². The third-order valence-corrected chi connectivity index (χ3v) is 9.93. The van der Waals surface area contributed by atoms with Gasteiger partial charge in [-0.25, -0.2) is 0 Å². The van der Waals surface area contributed by atoms with E-state index in [0.29, 0.717) is 17.2 Å². The summed E-state index contributed by atoms with van der Waals surface area (Å²) < 4.78 is 34.2. The van der Waals surface area contributed by atoms with Gasteiger partial charge in [0.15, 0.2) is 11.5 Å². The van der Waals surface area contributed by atoms with Gasteiger partial charge in [-0.2, -0.15) is 5.69 Å². The number of aromatic nitrogens is 1. The molecule has 2 aliphatic carbocycles. The normalized spacial score (nSPS) is 21.2. The van der Waals surface area contributed by atoms with Crippen molar-refractivity contribution in [3.8, 4) is 17.2 Å². The number of nitrogens with zero attached hydrogens (tertiary/aromatic N) is 2. The maximum atomic E-state index is 5.96. The Labute approximate surface area is 275 Å². The fourth-order valence-corrected chi connectivity index (χ4v) is 7.26. The van der Waals surface area contributed by atoms with Crippen molar-refractivity contribution in [2.75, 3.05) is 62.3 Å². The Morgan fingerprint density at radius 1 is 0.913 bits per heavy atom. The Balaban J connectivity index is 1.09. The average Bonchev–Trinajstić information content (AvgIpc) is 3.54. The first-order chi connectivity index (χ1) is 22.3. The van der Waals surface area contributed by atoms with Crippen LogP contribution in [0.1, 0.15) is 79.9 Å². The minimum absolute atomic E-state index is 0.302. The van der Waals surface area contributed by atoms with Crippen molar-refractivity contribution in [2.45, 2.75) is 70.0 Å². The summed E-state index contributed by atoms with van der Waals surface area (Å²) in [6, 6.07) is 4.20. The van der Waals surface area contributed by atoms with Crippen molar-refractivity contribution in [1.29, 1.82) is 0 Å². The Hall–Kier alpha value is -3.46. The lowest BCUT2D eigenvalue weighted by molar-refractivity contribution is -0.112. The molecule has 0 saturated carbocycles. The van der Waals surface area contributed by atoms with Crippen LogP contribution in [0.4, 0.5) is 0 Å². The van der Waals surface area contributed by atoms with E-state index in [1.54, 1.807) is 48.2 Å². The summed E-state index contributed by atoms with van der Waals surface area (Å²) in [4.78, 5) is 7.52. The fourth-order valence-electron chi connectivity index (χ4n) is 7.26. The highest BCUT2D eigenvalue weighted by atomic mass is 16.6. The van der Waals surface area contributed by atoms with E-state index in [4.69, 9.17) is 33.4 Å². The summed E-state index contributed by atoms with van der Waals surface area (Å²) in [6.07, 6.45) is 15.2. The van der Waals surface area contributed by atoms with Crippen LogP contribution in [-0.4, -0.2) is 73.3 Å². The molecule has 1 aromatic heterocycles. The summed E-state index contributed by atoms with van der Waals surface area (Å²) in [5.41, 5.74) is 8.47. The van der Waals surface area contributed by atoms with Gasteiger partial charge in [-0.1, -0.05) is 30.7 Å². The first kappa shape index (κ1) is 33.9. The third kappa shape index (κ3) is 6.66. The lowest BCUT2D eigenvalue weighted by Gasteiger charge is -2.40. The molecule has 46 heavy (non-hydrogen) atoms. The van der Waals surface area contributed by atoms with Gasteiger partial charge in [0.2, 0.25) is 5.75 Å². The monoisotopic (exact) mass is 631 g/mol. The molecule has 0 amide bonds. The molecule has 2 atom stereocenters. The molecule has 2 aromatic rings. The zero-order valence-electron chi connectivity index (χ0n) is 28.8. The molecule has 5 rings (SSSR count). The maximum Gasteiger partial charge on any atom is 0.203 e. The number of ether oxygens (including phenoxy) is 6. The van der Waals surface area contributed by atoms with E-state index in [1.165, 1.54) is 24.8 Å². The first-order valence-electron chi connectivity index (χ1n) is 16.5. The summed E-state index contributed by atoms with van der Waals surface area (Å²) in [6.45, 7) is 9.70. The van der Waals surface area contributed by atoms with Gasteiger partial charge in [0.25, 0.3) is 0 Å². The fraction of sp³-hybridized carbons (Fsp3) is 0.526. The molecular formula is C38H51N2O6-. The quantitative estimate of drug-likeness (QED) is 0.151. The van der Waals surface area contributed by atoms with Gasteiger partial charge in [-0.05, 0) is 105 Å². The molecule has 250 valence electrons. The highest BCUT2D eigenvalue weighted by Crippen LogP contribution is 2.49. The Bertz CT molecular complexity index is 1500. The molecule has 2 unspecified atom stereocenters. The van der Waals surface area contributed by atoms with Gasteiger partial charge in [0.05, 0.1) is 28.4 Å². The zero-order valence-corrected chi connectivity index (χ0v) is 28.8. The highest BCUT2D eigenvalue weighted by Gasteiger charge is 2.43. The average molecular weight is 632 g/mol. The van der Waals surface area contributed by atoms with Gasteiger partial charge in [-0.15, -0.1) is 5.69 Å².